The number of halogens is 7. The van der Waals surface area contributed by atoms with Gasteiger partial charge in [0, 0.05) is 17.5 Å². The highest BCUT2D eigenvalue weighted by Crippen LogP contribution is 2.53. The zero-order valence-electron chi connectivity index (χ0n) is 16.7. The van der Waals surface area contributed by atoms with Crippen molar-refractivity contribution in [1.29, 1.82) is 0 Å². The van der Waals surface area contributed by atoms with Crippen LogP contribution in [0.2, 0.25) is 0 Å². The summed E-state index contributed by atoms with van der Waals surface area (Å²) < 4.78 is 94.2. The first-order valence-electron chi connectivity index (χ1n) is 9.17. The zero-order chi connectivity index (χ0) is 23.9. The van der Waals surface area contributed by atoms with Gasteiger partial charge in [-0.15, -0.1) is 0 Å². The van der Waals surface area contributed by atoms with Crippen LogP contribution in [0.1, 0.15) is 32.6 Å². The molecule has 0 aliphatic rings. The Balaban J connectivity index is 1.91. The Hall–Kier alpha value is -3.24. The monoisotopic (exact) mass is 459 g/mol. The molecular weight excluding hydrogens is 443 g/mol. The van der Waals surface area contributed by atoms with E-state index in [1.54, 1.807) is 12.1 Å². The predicted octanol–water partition coefficient (Wildman–Crippen LogP) is 5.60. The van der Waals surface area contributed by atoms with E-state index < -0.39 is 29.4 Å². The van der Waals surface area contributed by atoms with E-state index in [-0.39, 0.29) is 28.7 Å². The highest BCUT2D eigenvalue weighted by atomic mass is 19.4. The quantitative estimate of drug-likeness (QED) is 0.369. The molecule has 0 N–H and O–H groups in total. The molecular formula is C21H16F7N3O. The maximum Gasteiger partial charge on any atom is 0.435 e. The number of carbonyl (C=O) groups excluding carboxylic acids is 1. The van der Waals surface area contributed by atoms with Crippen molar-refractivity contribution in [2.75, 3.05) is 0 Å². The Morgan fingerprint density at radius 3 is 1.88 bits per heavy atom. The molecule has 1 heterocycles. The van der Waals surface area contributed by atoms with E-state index in [1.807, 2.05) is 0 Å². The summed E-state index contributed by atoms with van der Waals surface area (Å²) in [6.07, 6.45) is -9.89. The number of alkyl halides is 7. The number of hydrogen-bond acceptors (Lipinski definition) is 3. The number of rotatable bonds is 5. The third-order valence-corrected chi connectivity index (χ3v) is 5.08. The SMILES string of the molecule is Cc1cc(C(F)(C(F)(F)F)C(F)(F)F)cc(C)c1CC(=O)c1ccc(-n2cncn2)cc1. The summed E-state index contributed by atoms with van der Waals surface area (Å²) in [5, 5.41) is 3.94. The molecule has 0 saturated heterocycles. The van der Waals surface area contributed by atoms with Gasteiger partial charge in [0.2, 0.25) is 0 Å². The van der Waals surface area contributed by atoms with Crippen molar-refractivity contribution in [3.8, 4) is 5.69 Å². The minimum absolute atomic E-state index is 0.0527. The highest BCUT2D eigenvalue weighted by molar-refractivity contribution is 5.98. The molecule has 0 radical (unpaired) electrons. The second-order valence-electron chi connectivity index (χ2n) is 7.23. The molecule has 1 aromatic heterocycles. The van der Waals surface area contributed by atoms with Crippen LogP contribution in [-0.2, 0) is 12.1 Å². The lowest BCUT2D eigenvalue weighted by molar-refractivity contribution is -0.348. The first kappa shape index (κ1) is 23.4. The molecule has 0 unspecified atom stereocenters. The molecule has 3 aromatic rings. The van der Waals surface area contributed by atoms with Crippen molar-refractivity contribution in [2.45, 2.75) is 38.3 Å². The van der Waals surface area contributed by atoms with Crippen LogP contribution in [0.25, 0.3) is 5.69 Å². The first-order valence-corrected chi connectivity index (χ1v) is 9.17. The average Bonchev–Trinajstić information content (AvgIpc) is 3.23. The van der Waals surface area contributed by atoms with Gasteiger partial charge in [-0.1, -0.05) is 12.1 Å². The number of hydrogen-bond donors (Lipinski definition) is 0. The predicted molar refractivity (Wildman–Crippen MR) is 100 cm³/mol. The van der Waals surface area contributed by atoms with Crippen LogP contribution in [0.15, 0.2) is 49.1 Å². The molecule has 170 valence electrons. The highest BCUT2D eigenvalue weighted by Gasteiger charge is 2.73. The Bertz CT molecular complexity index is 1080. The van der Waals surface area contributed by atoms with Crippen molar-refractivity contribution in [3.63, 3.8) is 0 Å². The summed E-state index contributed by atoms with van der Waals surface area (Å²) in [5.74, 6) is -0.410. The number of nitrogens with zero attached hydrogens (tertiary/aromatic N) is 3. The van der Waals surface area contributed by atoms with Gasteiger partial charge >= 0.3 is 18.0 Å². The minimum Gasteiger partial charge on any atom is -0.294 e. The second kappa shape index (κ2) is 8.03. The summed E-state index contributed by atoms with van der Waals surface area (Å²) in [7, 11) is 0. The van der Waals surface area contributed by atoms with Gasteiger partial charge in [-0.2, -0.15) is 31.4 Å². The Labute approximate surface area is 177 Å². The fraction of sp³-hybridized carbons (Fsp3) is 0.286. The molecule has 0 saturated carbocycles. The number of aromatic nitrogens is 3. The fourth-order valence-electron chi connectivity index (χ4n) is 3.36. The third kappa shape index (κ3) is 4.11. The lowest BCUT2D eigenvalue weighted by Gasteiger charge is -2.31. The standard InChI is InChI=1S/C21H16F7N3O/c1-12-7-15(19(22,20(23,24)25)21(26,27)28)8-13(2)17(12)9-18(32)14-3-5-16(6-4-14)31-11-29-10-30-31/h3-8,10-11H,9H2,1-2H3. The van der Waals surface area contributed by atoms with E-state index in [0.717, 1.165) is 0 Å². The van der Waals surface area contributed by atoms with Crippen LogP contribution in [-0.4, -0.2) is 32.9 Å². The molecule has 0 aliphatic carbocycles. The molecule has 32 heavy (non-hydrogen) atoms. The van der Waals surface area contributed by atoms with Crippen molar-refractivity contribution < 1.29 is 35.5 Å². The van der Waals surface area contributed by atoms with Gasteiger partial charge in [-0.25, -0.2) is 14.1 Å². The van der Waals surface area contributed by atoms with Crippen LogP contribution in [0, 0.1) is 13.8 Å². The Morgan fingerprint density at radius 2 is 1.44 bits per heavy atom. The van der Waals surface area contributed by atoms with Crippen LogP contribution in [0.5, 0.6) is 0 Å². The largest absolute Gasteiger partial charge is 0.435 e. The van der Waals surface area contributed by atoms with E-state index in [0.29, 0.717) is 17.8 Å². The van der Waals surface area contributed by atoms with Gasteiger partial charge in [0.25, 0.3) is 0 Å². The second-order valence-corrected chi connectivity index (χ2v) is 7.23. The third-order valence-electron chi connectivity index (χ3n) is 5.08. The Morgan fingerprint density at radius 1 is 0.906 bits per heavy atom. The van der Waals surface area contributed by atoms with Gasteiger partial charge in [-0.05, 0) is 54.8 Å². The molecule has 0 bridgehead atoms. The molecule has 3 rings (SSSR count). The lowest BCUT2D eigenvalue weighted by Crippen LogP contribution is -2.50. The van der Waals surface area contributed by atoms with Crippen molar-refractivity contribution in [2.24, 2.45) is 0 Å². The average molecular weight is 459 g/mol. The molecule has 2 aromatic carbocycles. The number of Topliss-reactive ketones (excluding diaryl/α,β-unsaturated/α-hetero) is 1. The van der Waals surface area contributed by atoms with Crippen molar-refractivity contribution >= 4 is 5.78 Å². The number of benzene rings is 2. The smallest absolute Gasteiger partial charge is 0.294 e. The summed E-state index contributed by atoms with van der Waals surface area (Å²) >= 11 is 0. The van der Waals surface area contributed by atoms with Gasteiger partial charge in [0.15, 0.2) is 5.78 Å². The fourth-order valence-corrected chi connectivity index (χ4v) is 3.36. The van der Waals surface area contributed by atoms with Gasteiger partial charge in [0.05, 0.1) is 5.69 Å². The molecule has 0 amide bonds. The van der Waals surface area contributed by atoms with E-state index >= 15 is 0 Å². The molecule has 4 nitrogen and oxygen atoms in total. The van der Waals surface area contributed by atoms with Gasteiger partial charge in [0.1, 0.15) is 12.7 Å². The summed E-state index contributed by atoms with van der Waals surface area (Å²) in [5.41, 5.74) is -6.05. The van der Waals surface area contributed by atoms with E-state index in [2.05, 4.69) is 10.1 Å². The van der Waals surface area contributed by atoms with Gasteiger partial charge in [-0.3, -0.25) is 4.79 Å². The van der Waals surface area contributed by atoms with Crippen LogP contribution >= 0.6 is 0 Å². The Kier molecular flexibility index (Phi) is 5.88. The van der Waals surface area contributed by atoms with Crippen LogP contribution in [0.3, 0.4) is 0 Å². The van der Waals surface area contributed by atoms with Crippen LogP contribution < -0.4 is 0 Å². The maximum atomic E-state index is 14.4. The molecule has 0 spiro atoms. The maximum absolute atomic E-state index is 14.4. The van der Waals surface area contributed by atoms with Gasteiger partial charge < -0.3 is 0 Å². The minimum atomic E-state index is -6.20. The summed E-state index contributed by atoms with van der Waals surface area (Å²) in [6.45, 7) is 2.47. The number of carbonyl (C=O) groups is 1. The summed E-state index contributed by atoms with van der Waals surface area (Å²) in [4.78, 5) is 16.5. The normalized spacial score (nSPS) is 12.8. The topological polar surface area (TPSA) is 47.8 Å². The first-order chi connectivity index (χ1) is 14.8. The van der Waals surface area contributed by atoms with E-state index in [1.165, 1.54) is 43.3 Å². The van der Waals surface area contributed by atoms with E-state index in [4.69, 9.17) is 0 Å². The zero-order valence-corrected chi connectivity index (χ0v) is 16.7. The number of aryl methyl sites for hydroxylation is 2. The molecule has 0 aliphatic heterocycles. The summed E-state index contributed by atoms with van der Waals surface area (Å²) in [6, 6.07) is 7.22. The number of ketones is 1. The van der Waals surface area contributed by atoms with Crippen molar-refractivity contribution in [3.05, 3.63) is 76.9 Å². The van der Waals surface area contributed by atoms with E-state index in [9.17, 15) is 35.5 Å². The molecule has 0 atom stereocenters. The van der Waals surface area contributed by atoms with Crippen molar-refractivity contribution in [1.82, 2.24) is 14.8 Å². The van der Waals surface area contributed by atoms with Crippen LogP contribution in [0.4, 0.5) is 30.7 Å². The lowest BCUT2D eigenvalue weighted by atomic mass is 9.87. The molecule has 0 fully saturated rings. The molecule has 11 heteroatoms.